The molecule has 1 fully saturated rings. The van der Waals surface area contributed by atoms with Gasteiger partial charge in [0.05, 0.1) is 11.6 Å². The van der Waals surface area contributed by atoms with Crippen molar-refractivity contribution in [1.29, 1.82) is 0 Å². The van der Waals surface area contributed by atoms with Crippen molar-refractivity contribution < 1.29 is 0 Å². The zero-order chi connectivity index (χ0) is 17.3. The summed E-state index contributed by atoms with van der Waals surface area (Å²) in [5.74, 6) is 0. The second-order valence-electron chi connectivity index (χ2n) is 7.29. The molecule has 2 rings (SSSR count). The molecule has 0 saturated carbocycles. The van der Waals surface area contributed by atoms with Crippen LogP contribution in [0.4, 0.5) is 0 Å². The van der Waals surface area contributed by atoms with Crippen molar-refractivity contribution in [2.24, 2.45) is 4.74 Å². The van der Waals surface area contributed by atoms with E-state index >= 15 is 0 Å². The molecule has 4 nitrogen and oxygen atoms in total. The molecule has 1 aliphatic heterocycles. The zero-order valence-corrected chi connectivity index (χ0v) is 16.7. The topological polar surface area (TPSA) is 22.1 Å². The minimum absolute atomic E-state index is 0.0511. The van der Waals surface area contributed by atoms with Gasteiger partial charge in [0.25, 0.3) is 0 Å². The predicted octanol–water partition coefficient (Wildman–Crippen LogP) is 4.69. The Hall–Kier alpha value is -0.670. The van der Waals surface area contributed by atoms with E-state index in [-0.39, 0.29) is 5.54 Å². The molecule has 0 radical (unpaired) electrons. The third-order valence-corrected chi connectivity index (χ3v) is 8.90. The van der Waals surface area contributed by atoms with E-state index in [9.17, 15) is 0 Å². The first-order valence-electron chi connectivity index (χ1n) is 8.65. The molecule has 1 aromatic carbocycles. The van der Waals surface area contributed by atoms with Crippen LogP contribution in [0.15, 0.2) is 35.1 Å². The summed E-state index contributed by atoms with van der Waals surface area (Å²) in [6.45, 7) is 14.2. The van der Waals surface area contributed by atoms with Gasteiger partial charge in [-0.1, -0.05) is 44.2 Å². The third kappa shape index (κ3) is 3.56. The minimum Gasteiger partial charge on any atom is -0.255 e. The van der Waals surface area contributed by atoms with E-state index in [1.165, 1.54) is 5.56 Å². The van der Waals surface area contributed by atoms with E-state index in [4.69, 9.17) is 4.74 Å². The summed E-state index contributed by atoms with van der Waals surface area (Å²) in [5.41, 5.74) is 1.34. The second-order valence-corrected chi connectivity index (χ2v) is 10.4. The summed E-state index contributed by atoms with van der Waals surface area (Å²) >= 11 is 0. The molecule has 0 aromatic heterocycles. The van der Waals surface area contributed by atoms with Crippen molar-refractivity contribution in [2.45, 2.75) is 46.2 Å². The molecule has 0 N–H and O–H groups in total. The van der Waals surface area contributed by atoms with Crippen molar-refractivity contribution in [2.75, 3.05) is 33.7 Å². The Morgan fingerprint density at radius 2 is 1.70 bits per heavy atom. The van der Waals surface area contributed by atoms with Crippen LogP contribution in [0.5, 0.6) is 0 Å². The van der Waals surface area contributed by atoms with Crippen LogP contribution in [-0.2, 0) is 0 Å². The molecule has 23 heavy (non-hydrogen) atoms. The van der Waals surface area contributed by atoms with Crippen molar-refractivity contribution in [3.05, 3.63) is 35.9 Å². The van der Waals surface area contributed by atoms with Gasteiger partial charge in [-0.2, -0.15) is 0 Å². The van der Waals surface area contributed by atoms with Gasteiger partial charge >= 0.3 is 0 Å². The summed E-state index contributed by atoms with van der Waals surface area (Å²) in [7, 11) is 2.66. The molecule has 130 valence electrons. The van der Waals surface area contributed by atoms with E-state index < -0.39 is 7.51 Å². The largest absolute Gasteiger partial charge is 0.255 e. The van der Waals surface area contributed by atoms with E-state index in [0.717, 1.165) is 19.6 Å². The van der Waals surface area contributed by atoms with Gasteiger partial charge in [0.15, 0.2) is 7.51 Å². The Morgan fingerprint density at radius 3 is 2.17 bits per heavy atom. The lowest BCUT2D eigenvalue weighted by atomic mass is 10.1. The number of rotatable bonds is 4. The smallest absolute Gasteiger partial charge is 0.168 e. The molecule has 2 atom stereocenters. The van der Waals surface area contributed by atoms with Crippen molar-refractivity contribution in [1.82, 2.24) is 14.0 Å². The lowest BCUT2D eigenvalue weighted by molar-refractivity contribution is 0.396. The molecular formula is C18H33N4P. The summed E-state index contributed by atoms with van der Waals surface area (Å²) in [4.78, 5) is 0. The van der Waals surface area contributed by atoms with Gasteiger partial charge in [-0.25, -0.2) is 14.0 Å². The maximum atomic E-state index is 5.41. The molecule has 0 bridgehead atoms. The number of benzene rings is 1. The van der Waals surface area contributed by atoms with Crippen LogP contribution >= 0.6 is 7.51 Å². The average Bonchev–Trinajstić information content (AvgIpc) is 2.73. The molecule has 2 unspecified atom stereocenters. The lowest BCUT2D eigenvalue weighted by Gasteiger charge is -2.43. The van der Waals surface area contributed by atoms with Crippen LogP contribution in [0.2, 0.25) is 0 Å². The van der Waals surface area contributed by atoms with E-state index in [1.54, 1.807) is 0 Å². The minimum atomic E-state index is -1.86. The van der Waals surface area contributed by atoms with Gasteiger partial charge in [0.2, 0.25) is 0 Å². The Labute approximate surface area is 142 Å². The molecular weight excluding hydrogens is 303 g/mol. The Morgan fingerprint density at radius 1 is 1.13 bits per heavy atom. The Bertz CT molecular complexity index is 560. The van der Waals surface area contributed by atoms with Gasteiger partial charge in [0.1, 0.15) is 0 Å². The molecule has 5 heteroatoms. The number of hydrogen-bond donors (Lipinski definition) is 0. The molecule has 0 aliphatic carbocycles. The van der Waals surface area contributed by atoms with Crippen molar-refractivity contribution in [3.8, 4) is 0 Å². The van der Waals surface area contributed by atoms with Gasteiger partial charge in [-0.05, 0) is 40.4 Å². The van der Waals surface area contributed by atoms with Gasteiger partial charge in [0, 0.05) is 19.6 Å². The highest BCUT2D eigenvalue weighted by Crippen LogP contribution is 2.66. The first kappa shape index (κ1) is 18.7. The Kier molecular flexibility index (Phi) is 5.73. The van der Waals surface area contributed by atoms with Crippen LogP contribution in [0.25, 0.3) is 0 Å². The van der Waals surface area contributed by atoms with Crippen LogP contribution in [0.1, 0.15) is 46.2 Å². The molecule has 1 aliphatic rings. The lowest BCUT2D eigenvalue weighted by Crippen LogP contribution is -2.33. The molecule has 0 spiro atoms. The first-order chi connectivity index (χ1) is 10.8. The SMILES string of the molecule is CCN(CC)P1(=NC(C)(C)C)N(C)CC(c2ccccc2)N1C. The van der Waals surface area contributed by atoms with Crippen molar-refractivity contribution >= 4 is 7.51 Å². The second kappa shape index (κ2) is 7.06. The standard InChI is InChI=1S/C18H33N4P/c1-8-22(9-2)23(19-18(3,4)5)20(6)15-17(21(23)7)16-13-11-10-12-14-16/h10-14,17H,8-9,15H2,1-7H3. The van der Waals surface area contributed by atoms with Crippen LogP contribution in [-0.4, -0.2) is 53.3 Å². The molecule has 1 heterocycles. The number of hydrogen-bond acceptors (Lipinski definition) is 1. The Balaban J connectivity index is 2.56. The molecule has 1 aromatic rings. The molecule has 0 amide bonds. The molecule has 1 saturated heterocycles. The van der Waals surface area contributed by atoms with E-state index in [1.807, 2.05) is 0 Å². The van der Waals surface area contributed by atoms with Gasteiger partial charge in [-0.3, -0.25) is 4.74 Å². The highest BCUT2D eigenvalue weighted by molar-refractivity contribution is 7.59. The fourth-order valence-electron chi connectivity index (χ4n) is 3.53. The van der Waals surface area contributed by atoms with Crippen LogP contribution < -0.4 is 0 Å². The van der Waals surface area contributed by atoms with Crippen LogP contribution in [0.3, 0.4) is 0 Å². The van der Waals surface area contributed by atoms with Gasteiger partial charge in [-0.15, -0.1) is 0 Å². The first-order valence-corrected chi connectivity index (χ1v) is 10.2. The van der Waals surface area contributed by atoms with E-state index in [2.05, 4.69) is 93.1 Å². The maximum absolute atomic E-state index is 5.41. The fourth-order valence-corrected chi connectivity index (χ4v) is 7.78. The quantitative estimate of drug-likeness (QED) is 0.745. The normalized spacial score (nSPS) is 26.9. The summed E-state index contributed by atoms with van der Waals surface area (Å²) in [6, 6.07) is 11.3. The van der Waals surface area contributed by atoms with Crippen LogP contribution in [0, 0.1) is 0 Å². The summed E-state index contributed by atoms with van der Waals surface area (Å²) < 4.78 is 13.1. The summed E-state index contributed by atoms with van der Waals surface area (Å²) in [6.07, 6.45) is 0. The fraction of sp³-hybridized carbons (Fsp3) is 0.667. The van der Waals surface area contributed by atoms with E-state index in [0.29, 0.717) is 6.04 Å². The predicted molar refractivity (Wildman–Crippen MR) is 102 cm³/mol. The average molecular weight is 336 g/mol. The van der Waals surface area contributed by atoms with Crippen molar-refractivity contribution in [3.63, 3.8) is 0 Å². The number of likely N-dealkylation sites (N-methyl/N-ethyl adjacent to an activating group) is 2. The highest BCUT2D eigenvalue weighted by Gasteiger charge is 2.46. The highest BCUT2D eigenvalue weighted by atomic mass is 31.2. The zero-order valence-electron chi connectivity index (χ0n) is 15.8. The maximum Gasteiger partial charge on any atom is 0.168 e. The van der Waals surface area contributed by atoms with Gasteiger partial charge < -0.3 is 0 Å². The summed E-state index contributed by atoms with van der Waals surface area (Å²) in [5, 5.41) is 0. The monoisotopic (exact) mass is 336 g/mol. The number of nitrogens with zero attached hydrogens (tertiary/aromatic N) is 4. The third-order valence-electron chi connectivity index (χ3n) is 4.50.